The van der Waals surface area contributed by atoms with E-state index in [1.807, 2.05) is 24.3 Å². The summed E-state index contributed by atoms with van der Waals surface area (Å²) in [5.74, 6) is 0.942. The Morgan fingerprint density at radius 2 is 2.00 bits per heavy atom. The van der Waals surface area contributed by atoms with Crippen LogP contribution in [-0.4, -0.2) is 7.11 Å². The van der Waals surface area contributed by atoms with Crippen LogP contribution in [0.3, 0.4) is 0 Å². The molecule has 0 saturated heterocycles. The third kappa shape index (κ3) is 4.83. The van der Waals surface area contributed by atoms with Gasteiger partial charge in [-0.05, 0) is 30.6 Å². The van der Waals surface area contributed by atoms with Crippen LogP contribution in [0.4, 0.5) is 0 Å². The normalized spacial score (nSPS) is 12.0. The van der Waals surface area contributed by atoms with E-state index in [2.05, 4.69) is 31.2 Å². The number of methoxy groups -OCH3 is 1. The number of allylic oxidation sites excluding steroid dienone is 2. The minimum Gasteiger partial charge on any atom is -0.497 e. The Morgan fingerprint density at radius 3 is 2.62 bits per heavy atom. The topological polar surface area (TPSA) is 9.23 Å². The van der Waals surface area contributed by atoms with E-state index in [4.69, 9.17) is 4.74 Å². The highest BCUT2D eigenvalue weighted by Gasteiger charge is 1.90. The van der Waals surface area contributed by atoms with Crippen LogP contribution in [-0.2, 0) is 4.74 Å². The van der Waals surface area contributed by atoms with Crippen molar-refractivity contribution in [1.29, 1.82) is 0 Å². The van der Waals surface area contributed by atoms with E-state index in [1.165, 1.54) is 18.4 Å². The average molecular weight is 216 g/mol. The first-order valence-corrected chi connectivity index (χ1v) is 5.84. The van der Waals surface area contributed by atoms with Gasteiger partial charge in [0.2, 0.25) is 0 Å². The highest BCUT2D eigenvalue weighted by atomic mass is 16.5. The molecular weight excluding hydrogens is 196 g/mol. The zero-order chi connectivity index (χ0) is 11.6. The number of rotatable bonds is 6. The third-order valence-electron chi connectivity index (χ3n) is 2.38. The van der Waals surface area contributed by atoms with Gasteiger partial charge in [0.1, 0.15) is 5.76 Å². The molecule has 0 atom stereocenters. The molecule has 0 heterocycles. The van der Waals surface area contributed by atoms with Crippen LogP contribution in [0.25, 0.3) is 6.08 Å². The molecule has 0 aromatic heterocycles. The molecular formula is C15H20O. The first-order chi connectivity index (χ1) is 7.86. The molecule has 1 rings (SSSR count). The summed E-state index contributed by atoms with van der Waals surface area (Å²) < 4.78 is 5.29. The second kappa shape index (κ2) is 7.75. The molecule has 1 aromatic carbocycles. The molecule has 0 aliphatic rings. The molecule has 0 bridgehead atoms. The maximum absolute atomic E-state index is 5.29. The maximum atomic E-state index is 5.29. The summed E-state index contributed by atoms with van der Waals surface area (Å²) in [7, 11) is 1.72. The summed E-state index contributed by atoms with van der Waals surface area (Å²) >= 11 is 0. The minimum absolute atomic E-state index is 0.942. The smallest absolute Gasteiger partial charge is 0.114 e. The molecule has 1 aromatic rings. The van der Waals surface area contributed by atoms with Crippen LogP contribution in [0.2, 0.25) is 0 Å². The lowest BCUT2D eigenvalue weighted by Gasteiger charge is -2.00. The van der Waals surface area contributed by atoms with Crippen molar-refractivity contribution in [2.24, 2.45) is 0 Å². The molecule has 1 nitrogen and oxygen atoms in total. The van der Waals surface area contributed by atoms with E-state index in [-0.39, 0.29) is 0 Å². The fraction of sp³-hybridized carbons (Fsp3) is 0.333. The van der Waals surface area contributed by atoms with Crippen LogP contribution in [0, 0.1) is 0 Å². The van der Waals surface area contributed by atoms with E-state index in [1.54, 1.807) is 7.11 Å². The lowest BCUT2D eigenvalue weighted by molar-refractivity contribution is 0.305. The van der Waals surface area contributed by atoms with Crippen LogP contribution in [0.15, 0.2) is 48.2 Å². The molecule has 0 N–H and O–H groups in total. The molecule has 1 heteroatoms. The van der Waals surface area contributed by atoms with Crippen molar-refractivity contribution in [3.8, 4) is 0 Å². The van der Waals surface area contributed by atoms with Crippen molar-refractivity contribution in [2.75, 3.05) is 7.11 Å². The Kier molecular flexibility index (Phi) is 6.09. The zero-order valence-electron chi connectivity index (χ0n) is 10.1. The zero-order valence-corrected chi connectivity index (χ0v) is 10.1. The molecule has 0 fully saturated rings. The van der Waals surface area contributed by atoms with E-state index >= 15 is 0 Å². The number of hydrogen-bond donors (Lipinski definition) is 0. The van der Waals surface area contributed by atoms with Crippen molar-refractivity contribution in [1.82, 2.24) is 0 Å². The molecule has 0 amide bonds. The minimum atomic E-state index is 0.942. The van der Waals surface area contributed by atoms with Crippen molar-refractivity contribution < 1.29 is 4.74 Å². The molecule has 0 aliphatic carbocycles. The average Bonchev–Trinajstić information content (AvgIpc) is 2.35. The monoisotopic (exact) mass is 216 g/mol. The summed E-state index contributed by atoms with van der Waals surface area (Å²) in [5, 5.41) is 0. The first kappa shape index (κ1) is 12.6. The molecule has 0 aliphatic heterocycles. The van der Waals surface area contributed by atoms with Crippen LogP contribution in [0.1, 0.15) is 31.7 Å². The van der Waals surface area contributed by atoms with E-state index < -0.39 is 0 Å². The fourth-order valence-electron chi connectivity index (χ4n) is 1.41. The van der Waals surface area contributed by atoms with Crippen molar-refractivity contribution >= 4 is 6.08 Å². The molecule has 16 heavy (non-hydrogen) atoms. The Labute approximate surface area is 98.5 Å². The van der Waals surface area contributed by atoms with Gasteiger partial charge in [0.25, 0.3) is 0 Å². The van der Waals surface area contributed by atoms with E-state index in [0.29, 0.717) is 0 Å². The van der Waals surface area contributed by atoms with Gasteiger partial charge in [0, 0.05) is 0 Å². The third-order valence-corrected chi connectivity index (χ3v) is 2.38. The number of unbranched alkanes of at least 4 members (excludes halogenated alkanes) is 2. The highest BCUT2D eigenvalue weighted by molar-refractivity contribution is 5.51. The van der Waals surface area contributed by atoms with Gasteiger partial charge in [-0.3, -0.25) is 0 Å². The largest absolute Gasteiger partial charge is 0.497 e. The Balaban J connectivity index is 2.56. The fourth-order valence-corrected chi connectivity index (χ4v) is 1.41. The van der Waals surface area contributed by atoms with Gasteiger partial charge < -0.3 is 4.74 Å². The maximum Gasteiger partial charge on any atom is 0.114 e. The number of ether oxygens (including phenoxy) is 1. The Hall–Kier alpha value is -1.50. The van der Waals surface area contributed by atoms with E-state index in [9.17, 15) is 0 Å². The SMILES string of the molecule is CCCC/C=C(\C=C\c1ccccc1)OC. The van der Waals surface area contributed by atoms with Crippen molar-refractivity contribution in [3.63, 3.8) is 0 Å². The lowest BCUT2D eigenvalue weighted by atomic mass is 10.2. The Bertz CT molecular complexity index is 336. The van der Waals surface area contributed by atoms with Gasteiger partial charge in [-0.2, -0.15) is 0 Å². The molecule has 0 unspecified atom stereocenters. The molecule has 0 radical (unpaired) electrons. The van der Waals surface area contributed by atoms with Crippen LogP contribution < -0.4 is 0 Å². The predicted octanol–water partition coefficient (Wildman–Crippen LogP) is 4.42. The Morgan fingerprint density at radius 1 is 1.25 bits per heavy atom. The second-order valence-corrected chi connectivity index (χ2v) is 3.70. The standard InChI is InChI=1S/C15H20O/c1-3-4-6-11-15(16-2)13-12-14-9-7-5-8-10-14/h5,7-13H,3-4,6H2,1-2H3/b13-12+,15-11+. The van der Waals surface area contributed by atoms with Crippen molar-refractivity contribution in [3.05, 3.63) is 53.8 Å². The van der Waals surface area contributed by atoms with Crippen LogP contribution >= 0.6 is 0 Å². The van der Waals surface area contributed by atoms with E-state index in [0.717, 1.165) is 12.2 Å². The van der Waals surface area contributed by atoms with Gasteiger partial charge in [-0.25, -0.2) is 0 Å². The van der Waals surface area contributed by atoms with Gasteiger partial charge in [-0.15, -0.1) is 0 Å². The summed E-state index contributed by atoms with van der Waals surface area (Å²) in [4.78, 5) is 0. The summed E-state index contributed by atoms with van der Waals surface area (Å²) in [6.45, 7) is 2.19. The van der Waals surface area contributed by atoms with Gasteiger partial charge in [0.15, 0.2) is 0 Å². The first-order valence-electron chi connectivity index (χ1n) is 5.84. The summed E-state index contributed by atoms with van der Waals surface area (Å²) in [5.41, 5.74) is 1.20. The van der Waals surface area contributed by atoms with Gasteiger partial charge >= 0.3 is 0 Å². The quantitative estimate of drug-likeness (QED) is 0.388. The predicted molar refractivity (Wildman–Crippen MR) is 70.1 cm³/mol. The summed E-state index contributed by atoms with van der Waals surface area (Å²) in [6.07, 6.45) is 9.75. The lowest BCUT2D eigenvalue weighted by Crippen LogP contribution is -1.82. The second-order valence-electron chi connectivity index (χ2n) is 3.70. The van der Waals surface area contributed by atoms with Gasteiger partial charge in [0.05, 0.1) is 7.11 Å². The summed E-state index contributed by atoms with van der Waals surface area (Å²) in [6, 6.07) is 10.2. The highest BCUT2D eigenvalue weighted by Crippen LogP contribution is 2.07. The van der Waals surface area contributed by atoms with Gasteiger partial charge in [-0.1, -0.05) is 49.8 Å². The number of hydrogen-bond acceptors (Lipinski definition) is 1. The van der Waals surface area contributed by atoms with Crippen molar-refractivity contribution in [2.45, 2.75) is 26.2 Å². The number of benzene rings is 1. The van der Waals surface area contributed by atoms with Crippen LogP contribution in [0.5, 0.6) is 0 Å². The molecule has 0 spiro atoms. The molecule has 86 valence electrons. The molecule has 0 saturated carbocycles.